The van der Waals surface area contributed by atoms with Gasteiger partial charge in [0.25, 0.3) is 5.78 Å². The minimum absolute atomic E-state index is 0.0692. The van der Waals surface area contributed by atoms with Crippen molar-refractivity contribution in [2.45, 2.75) is 19.9 Å². The van der Waals surface area contributed by atoms with E-state index in [9.17, 15) is 14.7 Å². The van der Waals surface area contributed by atoms with Crippen molar-refractivity contribution < 1.29 is 28.9 Å². The molecule has 0 bridgehead atoms. The van der Waals surface area contributed by atoms with Crippen molar-refractivity contribution in [1.82, 2.24) is 10.2 Å². The molecular formula is C26H25N3O6S. The molecule has 1 unspecified atom stereocenters. The van der Waals surface area contributed by atoms with Crippen molar-refractivity contribution in [3.8, 4) is 17.2 Å². The van der Waals surface area contributed by atoms with Crippen molar-refractivity contribution in [3.63, 3.8) is 0 Å². The van der Waals surface area contributed by atoms with Crippen LogP contribution in [-0.4, -0.2) is 47.3 Å². The minimum Gasteiger partial charge on any atom is -0.507 e. The van der Waals surface area contributed by atoms with E-state index in [1.165, 1.54) is 23.3 Å². The molecule has 1 fully saturated rings. The third kappa shape index (κ3) is 4.67. The van der Waals surface area contributed by atoms with Crippen LogP contribution in [0, 0.1) is 6.92 Å². The standard InChI is InChI=1S/C26H25N3O6S/c1-5-13-35-19-12-9-17(14-20(19)34-6-2)22-21(23(30)16-7-10-18(33-4)11-8-16)24(31)25(32)29(22)26-28-27-15(3)36-26/h5,7-12,14,22,30H,1,6,13H2,2-4H3. The van der Waals surface area contributed by atoms with Gasteiger partial charge in [-0.3, -0.25) is 14.5 Å². The average molecular weight is 508 g/mol. The van der Waals surface area contributed by atoms with Crippen LogP contribution in [0.3, 0.4) is 0 Å². The van der Waals surface area contributed by atoms with E-state index in [0.717, 1.165) is 0 Å². The second-order valence-electron chi connectivity index (χ2n) is 7.74. The fourth-order valence-corrected chi connectivity index (χ4v) is 4.58. The lowest BCUT2D eigenvalue weighted by molar-refractivity contribution is -0.132. The fourth-order valence-electron chi connectivity index (χ4n) is 3.86. The quantitative estimate of drug-likeness (QED) is 0.196. The zero-order chi connectivity index (χ0) is 25.8. The normalized spacial score (nSPS) is 16.8. The summed E-state index contributed by atoms with van der Waals surface area (Å²) in [6.07, 6.45) is 1.62. The van der Waals surface area contributed by atoms with Crippen LogP contribution in [0.4, 0.5) is 5.13 Å². The monoisotopic (exact) mass is 507 g/mol. The van der Waals surface area contributed by atoms with Gasteiger partial charge in [0.2, 0.25) is 5.13 Å². The average Bonchev–Trinajstić information content (AvgIpc) is 3.43. The lowest BCUT2D eigenvalue weighted by atomic mass is 9.95. The smallest absolute Gasteiger partial charge is 0.301 e. The summed E-state index contributed by atoms with van der Waals surface area (Å²) in [6, 6.07) is 10.7. The summed E-state index contributed by atoms with van der Waals surface area (Å²) in [4.78, 5) is 27.8. The molecule has 1 aliphatic rings. The van der Waals surface area contributed by atoms with Gasteiger partial charge >= 0.3 is 5.91 Å². The molecule has 1 saturated heterocycles. The van der Waals surface area contributed by atoms with E-state index in [1.54, 1.807) is 55.5 Å². The lowest BCUT2D eigenvalue weighted by Gasteiger charge is -2.23. The van der Waals surface area contributed by atoms with Crippen LogP contribution in [0.2, 0.25) is 0 Å². The number of carbonyl (C=O) groups excluding carboxylic acids is 2. The van der Waals surface area contributed by atoms with Crippen LogP contribution >= 0.6 is 11.3 Å². The molecule has 1 atom stereocenters. The number of carbonyl (C=O) groups is 2. The molecule has 0 spiro atoms. The lowest BCUT2D eigenvalue weighted by Crippen LogP contribution is -2.29. The molecule has 2 aromatic carbocycles. The third-order valence-electron chi connectivity index (χ3n) is 5.47. The van der Waals surface area contributed by atoms with Crippen LogP contribution in [0.25, 0.3) is 5.76 Å². The number of methoxy groups -OCH3 is 1. The first-order valence-corrected chi connectivity index (χ1v) is 12.0. The maximum Gasteiger partial charge on any atom is 0.301 e. The summed E-state index contributed by atoms with van der Waals surface area (Å²) in [5, 5.41) is 20.2. The van der Waals surface area contributed by atoms with Gasteiger partial charge in [-0.15, -0.1) is 10.2 Å². The number of ether oxygens (including phenoxy) is 3. The van der Waals surface area contributed by atoms with Crippen LogP contribution < -0.4 is 19.1 Å². The SMILES string of the molecule is C=CCOc1ccc(C2C(=C(O)c3ccc(OC)cc3)C(=O)C(=O)N2c2nnc(C)s2)cc1OCC. The van der Waals surface area contributed by atoms with Gasteiger partial charge in [0.15, 0.2) is 11.5 Å². The highest BCUT2D eigenvalue weighted by atomic mass is 32.1. The number of rotatable bonds is 9. The molecule has 186 valence electrons. The van der Waals surface area contributed by atoms with Gasteiger partial charge in [-0.1, -0.05) is 30.1 Å². The summed E-state index contributed by atoms with van der Waals surface area (Å²) >= 11 is 1.18. The van der Waals surface area contributed by atoms with Gasteiger partial charge in [0, 0.05) is 5.56 Å². The van der Waals surface area contributed by atoms with Gasteiger partial charge in [-0.05, 0) is 55.8 Å². The number of Topliss-reactive ketones (excluding diaryl/α,β-unsaturated/α-hetero) is 1. The zero-order valence-corrected chi connectivity index (χ0v) is 20.9. The number of aromatic nitrogens is 2. The van der Waals surface area contributed by atoms with E-state index in [-0.39, 0.29) is 23.1 Å². The number of ketones is 1. The van der Waals surface area contributed by atoms with Crippen molar-refractivity contribution in [2.75, 3.05) is 25.2 Å². The third-order valence-corrected chi connectivity index (χ3v) is 6.31. The van der Waals surface area contributed by atoms with Gasteiger partial charge < -0.3 is 19.3 Å². The summed E-state index contributed by atoms with van der Waals surface area (Å²) < 4.78 is 16.7. The Morgan fingerprint density at radius 2 is 1.89 bits per heavy atom. The Morgan fingerprint density at radius 1 is 1.14 bits per heavy atom. The van der Waals surface area contributed by atoms with Crippen molar-refractivity contribution in [3.05, 3.63) is 76.8 Å². The molecule has 1 amide bonds. The predicted molar refractivity (Wildman–Crippen MR) is 136 cm³/mol. The number of hydrogen-bond donors (Lipinski definition) is 1. The number of anilines is 1. The molecule has 1 aliphatic heterocycles. The van der Waals surface area contributed by atoms with Gasteiger partial charge in [-0.25, -0.2) is 0 Å². The molecule has 0 aliphatic carbocycles. The fraction of sp³-hybridized carbons (Fsp3) is 0.231. The van der Waals surface area contributed by atoms with E-state index in [4.69, 9.17) is 14.2 Å². The zero-order valence-electron chi connectivity index (χ0n) is 20.1. The summed E-state index contributed by atoms with van der Waals surface area (Å²) in [5.41, 5.74) is 0.829. The van der Waals surface area contributed by atoms with Gasteiger partial charge in [0.05, 0.1) is 25.3 Å². The van der Waals surface area contributed by atoms with E-state index in [0.29, 0.717) is 40.0 Å². The molecule has 9 nitrogen and oxygen atoms in total. The van der Waals surface area contributed by atoms with Crippen molar-refractivity contribution in [1.29, 1.82) is 0 Å². The summed E-state index contributed by atoms with van der Waals surface area (Å²) in [5.74, 6) is -0.444. The number of nitrogens with zero attached hydrogens (tertiary/aromatic N) is 3. The van der Waals surface area contributed by atoms with E-state index in [2.05, 4.69) is 16.8 Å². The molecule has 1 aromatic heterocycles. The number of benzene rings is 2. The Labute approximate surface area is 212 Å². The van der Waals surface area contributed by atoms with Crippen molar-refractivity contribution >= 4 is 33.9 Å². The predicted octanol–water partition coefficient (Wildman–Crippen LogP) is 4.44. The molecule has 10 heteroatoms. The Morgan fingerprint density at radius 3 is 2.50 bits per heavy atom. The van der Waals surface area contributed by atoms with Crippen LogP contribution in [-0.2, 0) is 9.59 Å². The first kappa shape index (κ1) is 24.9. The van der Waals surface area contributed by atoms with E-state index in [1.807, 2.05) is 6.92 Å². The number of aliphatic hydroxyl groups is 1. The maximum absolute atomic E-state index is 13.3. The number of aryl methyl sites for hydroxylation is 1. The Hall–Kier alpha value is -4.18. The topological polar surface area (TPSA) is 111 Å². The molecule has 0 saturated carbocycles. The molecule has 36 heavy (non-hydrogen) atoms. The first-order valence-electron chi connectivity index (χ1n) is 11.2. The van der Waals surface area contributed by atoms with Gasteiger partial charge in [-0.2, -0.15) is 0 Å². The Bertz CT molecular complexity index is 1330. The molecule has 1 N–H and O–H groups in total. The molecule has 4 rings (SSSR count). The molecular weight excluding hydrogens is 482 g/mol. The highest BCUT2D eigenvalue weighted by molar-refractivity contribution is 7.15. The summed E-state index contributed by atoms with van der Waals surface area (Å²) in [7, 11) is 1.53. The van der Waals surface area contributed by atoms with Crippen molar-refractivity contribution in [2.24, 2.45) is 0 Å². The second kappa shape index (κ2) is 10.6. The number of amides is 1. The maximum atomic E-state index is 13.3. The molecule has 0 radical (unpaired) electrons. The van der Waals surface area contributed by atoms with E-state index >= 15 is 0 Å². The molecule has 2 heterocycles. The van der Waals surface area contributed by atoms with Crippen LogP contribution in [0.5, 0.6) is 17.2 Å². The Kier molecular flexibility index (Phi) is 7.35. The van der Waals surface area contributed by atoms with Crippen LogP contribution in [0.1, 0.15) is 29.1 Å². The Balaban J connectivity index is 1.90. The highest BCUT2D eigenvalue weighted by Gasteiger charge is 2.48. The second-order valence-corrected chi connectivity index (χ2v) is 8.90. The number of hydrogen-bond acceptors (Lipinski definition) is 9. The van der Waals surface area contributed by atoms with Crippen LogP contribution in [0.15, 0.2) is 60.7 Å². The first-order chi connectivity index (χ1) is 17.4. The van der Waals surface area contributed by atoms with E-state index < -0.39 is 17.7 Å². The largest absolute Gasteiger partial charge is 0.507 e. The van der Waals surface area contributed by atoms with Gasteiger partial charge in [0.1, 0.15) is 23.1 Å². The summed E-state index contributed by atoms with van der Waals surface area (Å²) in [6.45, 7) is 7.90. The minimum atomic E-state index is -0.966. The number of aliphatic hydroxyl groups excluding tert-OH is 1. The molecule has 3 aromatic rings. The highest BCUT2D eigenvalue weighted by Crippen LogP contribution is 2.44.